The van der Waals surface area contributed by atoms with E-state index in [0.717, 1.165) is 17.0 Å². The average molecular weight is 260 g/mol. The van der Waals surface area contributed by atoms with Crippen molar-refractivity contribution in [2.45, 2.75) is 0 Å². The van der Waals surface area contributed by atoms with E-state index in [4.69, 9.17) is 16.3 Å². The van der Waals surface area contributed by atoms with E-state index in [2.05, 4.69) is 10.1 Å². The molecule has 0 bridgehead atoms. The lowest BCUT2D eigenvalue weighted by molar-refractivity contribution is 0.415. The molecule has 0 spiro atoms. The summed E-state index contributed by atoms with van der Waals surface area (Å²) < 4.78 is 6.82. The highest BCUT2D eigenvalue weighted by Crippen LogP contribution is 2.20. The summed E-state index contributed by atoms with van der Waals surface area (Å²) in [6.07, 6.45) is 1.79. The number of hydrogen-bond acceptors (Lipinski definition) is 3. The van der Waals surface area contributed by atoms with Gasteiger partial charge in [0.2, 0.25) is 0 Å². The molecule has 0 aliphatic rings. The Morgan fingerprint density at radius 1 is 1.17 bits per heavy atom. The zero-order valence-electron chi connectivity index (χ0n) is 9.67. The number of pyridine rings is 1. The minimum absolute atomic E-state index is 0.649. The molecule has 0 radical (unpaired) electrons. The molecule has 1 aromatic carbocycles. The number of rotatable bonds is 2. The quantitative estimate of drug-likeness (QED) is 0.710. The molecule has 90 valence electrons. The lowest BCUT2D eigenvalue weighted by Crippen LogP contribution is -1.86. The minimum Gasteiger partial charge on any atom is -0.497 e. The molecule has 5 heteroatoms. The first-order chi connectivity index (χ1) is 8.76. The zero-order valence-corrected chi connectivity index (χ0v) is 10.4. The van der Waals surface area contributed by atoms with E-state index in [0.29, 0.717) is 10.8 Å². The highest BCUT2D eigenvalue weighted by atomic mass is 35.5. The Morgan fingerprint density at radius 3 is 2.67 bits per heavy atom. The molecule has 0 saturated carbocycles. The van der Waals surface area contributed by atoms with E-state index in [1.54, 1.807) is 30.0 Å². The summed E-state index contributed by atoms with van der Waals surface area (Å²) in [5.74, 6) is 1.48. The number of hydrogen-bond donors (Lipinski definition) is 0. The molecule has 2 aromatic heterocycles. The second-order valence-corrected chi connectivity index (χ2v) is 4.25. The normalized spacial score (nSPS) is 10.8. The number of methoxy groups -OCH3 is 1. The van der Waals surface area contributed by atoms with Crippen LogP contribution in [-0.2, 0) is 0 Å². The van der Waals surface area contributed by atoms with E-state index < -0.39 is 0 Å². The Hall–Kier alpha value is -2.07. The van der Waals surface area contributed by atoms with Gasteiger partial charge in [-0.1, -0.05) is 11.6 Å². The largest absolute Gasteiger partial charge is 0.497 e. The van der Waals surface area contributed by atoms with Gasteiger partial charge < -0.3 is 4.74 Å². The van der Waals surface area contributed by atoms with Gasteiger partial charge in [0.15, 0.2) is 11.5 Å². The molecule has 2 heterocycles. The molecule has 0 N–H and O–H groups in total. The number of nitrogens with zero attached hydrogens (tertiary/aromatic N) is 3. The molecule has 3 rings (SSSR count). The molecule has 0 atom stereocenters. The van der Waals surface area contributed by atoms with Gasteiger partial charge in [0.1, 0.15) is 5.75 Å². The summed E-state index contributed by atoms with van der Waals surface area (Å²) in [5, 5.41) is 5.03. The standard InChI is InChI=1S/C13H10ClN3O/c1-18-11-4-2-9(3-5-11)13-15-12-8-10(14)6-7-17(12)16-13/h2-8H,1H3. The molecular weight excluding hydrogens is 250 g/mol. The molecule has 0 unspecified atom stereocenters. The predicted octanol–water partition coefficient (Wildman–Crippen LogP) is 3.06. The van der Waals surface area contributed by atoms with Crippen molar-refractivity contribution < 1.29 is 4.74 Å². The van der Waals surface area contributed by atoms with Gasteiger partial charge in [-0.05, 0) is 30.3 Å². The van der Waals surface area contributed by atoms with Crippen molar-refractivity contribution in [1.29, 1.82) is 0 Å². The van der Waals surface area contributed by atoms with E-state index in [-0.39, 0.29) is 0 Å². The minimum atomic E-state index is 0.649. The predicted molar refractivity (Wildman–Crippen MR) is 70.0 cm³/mol. The first kappa shape index (κ1) is 11.0. The van der Waals surface area contributed by atoms with Crippen molar-refractivity contribution in [3.8, 4) is 17.1 Å². The van der Waals surface area contributed by atoms with Crippen LogP contribution < -0.4 is 4.74 Å². The smallest absolute Gasteiger partial charge is 0.182 e. The van der Waals surface area contributed by atoms with E-state index in [9.17, 15) is 0 Å². The van der Waals surface area contributed by atoms with Crippen LogP contribution in [0, 0.1) is 0 Å². The summed E-state index contributed by atoms with van der Waals surface area (Å²) in [6, 6.07) is 11.2. The average Bonchev–Trinajstić information content (AvgIpc) is 2.81. The van der Waals surface area contributed by atoms with Crippen LogP contribution in [0.3, 0.4) is 0 Å². The van der Waals surface area contributed by atoms with Crippen molar-refractivity contribution in [1.82, 2.24) is 14.6 Å². The number of benzene rings is 1. The molecule has 4 nitrogen and oxygen atoms in total. The van der Waals surface area contributed by atoms with Crippen LogP contribution in [0.4, 0.5) is 0 Å². The SMILES string of the molecule is COc1ccc(-c2nc3cc(Cl)ccn3n2)cc1. The highest BCUT2D eigenvalue weighted by molar-refractivity contribution is 6.30. The Morgan fingerprint density at radius 2 is 1.94 bits per heavy atom. The van der Waals surface area contributed by atoms with Gasteiger partial charge in [0.25, 0.3) is 0 Å². The van der Waals surface area contributed by atoms with Crippen molar-refractivity contribution in [3.05, 3.63) is 47.6 Å². The third-order valence-corrected chi connectivity index (χ3v) is 2.88. The van der Waals surface area contributed by atoms with Gasteiger partial charge >= 0.3 is 0 Å². The molecule has 0 aliphatic carbocycles. The molecular formula is C13H10ClN3O. The van der Waals surface area contributed by atoms with Crippen LogP contribution in [0.2, 0.25) is 5.02 Å². The molecule has 0 saturated heterocycles. The third kappa shape index (κ3) is 1.91. The van der Waals surface area contributed by atoms with Gasteiger partial charge in [-0.3, -0.25) is 0 Å². The maximum absolute atomic E-state index is 5.92. The van der Waals surface area contributed by atoms with Crippen LogP contribution in [0.1, 0.15) is 0 Å². The van der Waals surface area contributed by atoms with Gasteiger partial charge in [0, 0.05) is 22.8 Å². The lowest BCUT2D eigenvalue weighted by atomic mass is 10.2. The first-order valence-corrected chi connectivity index (χ1v) is 5.80. The van der Waals surface area contributed by atoms with Crippen LogP contribution >= 0.6 is 11.6 Å². The summed E-state index contributed by atoms with van der Waals surface area (Å²) in [6.45, 7) is 0. The van der Waals surface area contributed by atoms with Crippen LogP contribution in [0.5, 0.6) is 5.75 Å². The second kappa shape index (κ2) is 4.31. The van der Waals surface area contributed by atoms with Gasteiger partial charge in [0.05, 0.1) is 7.11 Å². The number of aromatic nitrogens is 3. The number of fused-ring (bicyclic) bond motifs is 1. The topological polar surface area (TPSA) is 39.4 Å². The van der Waals surface area contributed by atoms with Crippen molar-refractivity contribution >= 4 is 17.2 Å². The second-order valence-electron chi connectivity index (χ2n) is 3.81. The van der Waals surface area contributed by atoms with E-state index in [1.807, 2.05) is 24.3 Å². The maximum atomic E-state index is 5.92. The van der Waals surface area contributed by atoms with Crippen LogP contribution in [-0.4, -0.2) is 21.7 Å². The van der Waals surface area contributed by atoms with Crippen molar-refractivity contribution in [2.24, 2.45) is 0 Å². The monoisotopic (exact) mass is 259 g/mol. The number of ether oxygens (including phenoxy) is 1. The Bertz CT molecular complexity index is 691. The summed E-state index contributed by atoms with van der Waals surface area (Å²) in [5.41, 5.74) is 1.67. The fourth-order valence-corrected chi connectivity index (χ4v) is 1.87. The molecule has 0 aliphatic heterocycles. The number of halogens is 1. The van der Waals surface area contributed by atoms with E-state index >= 15 is 0 Å². The fourth-order valence-electron chi connectivity index (χ4n) is 1.72. The maximum Gasteiger partial charge on any atom is 0.182 e. The summed E-state index contributed by atoms with van der Waals surface area (Å²) in [7, 11) is 1.64. The van der Waals surface area contributed by atoms with E-state index in [1.165, 1.54) is 0 Å². The summed E-state index contributed by atoms with van der Waals surface area (Å²) in [4.78, 5) is 4.43. The molecule has 18 heavy (non-hydrogen) atoms. The highest BCUT2D eigenvalue weighted by Gasteiger charge is 2.06. The Balaban J connectivity index is 2.07. The lowest BCUT2D eigenvalue weighted by Gasteiger charge is -1.99. The van der Waals surface area contributed by atoms with Crippen molar-refractivity contribution in [2.75, 3.05) is 7.11 Å². The first-order valence-electron chi connectivity index (χ1n) is 5.42. The third-order valence-electron chi connectivity index (χ3n) is 2.65. The fraction of sp³-hybridized carbons (Fsp3) is 0.0769. The van der Waals surface area contributed by atoms with Gasteiger partial charge in [-0.15, -0.1) is 5.10 Å². The molecule has 0 fully saturated rings. The van der Waals surface area contributed by atoms with Gasteiger partial charge in [-0.2, -0.15) is 0 Å². The Labute approximate surface area is 109 Å². The summed E-state index contributed by atoms with van der Waals surface area (Å²) >= 11 is 5.92. The molecule has 3 aromatic rings. The zero-order chi connectivity index (χ0) is 12.5. The van der Waals surface area contributed by atoms with Gasteiger partial charge in [-0.25, -0.2) is 9.50 Å². The van der Waals surface area contributed by atoms with Crippen LogP contribution in [0.25, 0.3) is 17.0 Å². The molecule has 0 amide bonds. The van der Waals surface area contributed by atoms with Crippen LogP contribution in [0.15, 0.2) is 42.6 Å². The van der Waals surface area contributed by atoms with Crippen molar-refractivity contribution in [3.63, 3.8) is 0 Å². The Kier molecular flexibility index (Phi) is 2.64.